The van der Waals surface area contributed by atoms with Crippen LogP contribution in [0.5, 0.6) is 0 Å². The number of nitrogens with two attached hydrogens (primary N) is 1. The Kier molecular flexibility index (Phi) is 4.47. The highest BCUT2D eigenvalue weighted by Gasteiger charge is 2.43. The standard InChI is InChI=1S/C16H24N6O3S/c17-15(23)11-2-6-21(7-3-11)16-19-4-1-14(20-16)22-8-5-18-12-9-26(24,25)10-13(12)22/h1,4,11-13,18H,2-3,5-10H2,(H2,17,23)/t12-,13+/m0/s1. The molecular weight excluding hydrogens is 356 g/mol. The first-order valence-electron chi connectivity index (χ1n) is 9.01. The number of rotatable bonds is 3. The van der Waals surface area contributed by atoms with Gasteiger partial charge >= 0.3 is 0 Å². The number of hydrogen-bond acceptors (Lipinski definition) is 8. The summed E-state index contributed by atoms with van der Waals surface area (Å²) in [6.07, 6.45) is 3.14. The Labute approximate surface area is 152 Å². The molecule has 0 bridgehead atoms. The van der Waals surface area contributed by atoms with Gasteiger partial charge < -0.3 is 20.9 Å². The molecule has 1 aromatic heterocycles. The van der Waals surface area contributed by atoms with Crippen molar-refractivity contribution >= 4 is 27.5 Å². The maximum Gasteiger partial charge on any atom is 0.227 e. The van der Waals surface area contributed by atoms with Gasteiger partial charge in [-0.3, -0.25) is 4.79 Å². The Balaban J connectivity index is 1.52. The molecule has 2 atom stereocenters. The van der Waals surface area contributed by atoms with Gasteiger partial charge in [-0.25, -0.2) is 13.4 Å². The van der Waals surface area contributed by atoms with Crippen LogP contribution in [0.2, 0.25) is 0 Å². The molecule has 0 spiro atoms. The Morgan fingerprint density at radius 3 is 2.73 bits per heavy atom. The summed E-state index contributed by atoms with van der Waals surface area (Å²) >= 11 is 0. The summed E-state index contributed by atoms with van der Waals surface area (Å²) in [5.74, 6) is 1.42. The van der Waals surface area contributed by atoms with Gasteiger partial charge in [0.15, 0.2) is 9.84 Å². The van der Waals surface area contributed by atoms with E-state index in [-0.39, 0.29) is 35.4 Å². The number of amides is 1. The Bertz CT molecular complexity index is 793. The van der Waals surface area contributed by atoms with Crippen LogP contribution < -0.4 is 20.9 Å². The zero-order valence-electron chi connectivity index (χ0n) is 14.5. The van der Waals surface area contributed by atoms with Crippen LogP contribution in [0, 0.1) is 5.92 Å². The zero-order chi connectivity index (χ0) is 18.3. The molecule has 4 rings (SSSR count). The minimum atomic E-state index is -3.02. The number of carbonyl (C=O) groups excluding carboxylic acids is 1. The van der Waals surface area contributed by atoms with Crippen molar-refractivity contribution < 1.29 is 13.2 Å². The predicted octanol–water partition coefficient (Wildman–Crippen LogP) is -1.25. The predicted molar refractivity (Wildman–Crippen MR) is 97.7 cm³/mol. The molecule has 3 saturated heterocycles. The van der Waals surface area contributed by atoms with Gasteiger partial charge in [0.2, 0.25) is 11.9 Å². The van der Waals surface area contributed by atoms with Crippen molar-refractivity contribution in [2.75, 3.05) is 47.5 Å². The number of aromatic nitrogens is 2. The lowest BCUT2D eigenvalue weighted by Crippen LogP contribution is -2.57. The van der Waals surface area contributed by atoms with E-state index >= 15 is 0 Å². The Morgan fingerprint density at radius 2 is 2.00 bits per heavy atom. The molecule has 26 heavy (non-hydrogen) atoms. The number of anilines is 2. The van der Waals surface area contributed by atoms with Crippen molar-refractivity contribution in [1.29, 1.82) is 0 Å². The van der Waals surface area contributed by atoms with Gasteiger partial charge in [-0.15, -0.1) is 0 Å². The smallest absolute Gasteiger partial charge is 0.227 e. The summed E-state index contributed by atoms with van der Waals surface area (Å²) in [5.41, 5.74) is 5.39. The number of piperazine rings is 1. The number of hydrogen-bond donors (Lipinski definition) is 2. The molecule has 10 heteroatoms. The second kappa shape index (κ2) is 6.66. The zero-order valence-corrected chi connectivity index (χ0v) is 15.4. The fourth-order valence-corrected chi connectivity index (χ4v) is 6.12. The highest BCUT2D eigenvalue weighted by atomic mass is 32.2. The number of carbonyl (C=O) groups is 1. The van der Waals surface area contributed by atoms with E-state index in [1.165, 1.54) is 0 Å². The Morgan fingerprint density at radius 1 is 1.23 bits per heavy atom. The monoisotopic (exact) mass is 380 g/mol. The third-order valence-corrected chi connectivity index (χ3v) is 7.30. The molecule has 0 aromatic carbocycles. The van der Waals surface area contributed by atoms with Crippen LogP contribution in [-0.2, 0) is 14.6 Å². The van der Waals surface area contributed by atoms with Gasteiger partial charge in [0, 0.05) is 44.3 Å². The van der Waals surface area contributed by atoms with Crippen molar-refractivity contribution in [3.63, 3.8) is 0 Å². The van der Waals surface area contributed by atoms with E-state index in [9.17, 15) is 13.2 Å². The van der Waals surface area contributed by atoms with Gasteiger partial charge in [0.25, 0.3) is 0 Å². The summed E-state index contributed by atoms with van der Waals surface area (Å²) in [6.45, 7) is 2.84. The maximum absolute atomic E-state index is 12.0. The number of fused-ring (bicyclic) bond motifs is 1. The number of nitrogens with zero attached hydrogens (tertiary/aromatic N) is 4. The first-order valence-corrected chi connectivity index (χ1v) is 10.8. The fraction of sp³-hybridized carbons (Fsp3) is 0.688. The minimum Gasteiger partial charge on any atom is -0.369 e. The average Bonchev–Trinajstić information content (AvgIpc) is 2.95. The lowest BCUT2D eigenvalue weighted by molar-refractivity contribution is -0.122. The molecular formula is C16H24N6O3S. The first-order chi connectivity index (χ1) is 12.4. The fourth-order valence-electron chi connectivity index (χ4n) is 4.17. The van der Waals surface area contributed by atoms with E-state index in [0.29, 0.717) is 31.9 Å². The molecule has 142 valence electrons. The van der Waals surface area contributed by atoms with Crippen molar-refractivity contribution in [2.24, 2.45) is 11.7 Å². The van der Waals surface area contributed by atoms with Crippen LogP contribution in [0.3, 0.4) is 0 Å². The van der Waals surface area contributed by atoms with Crippen molar-refractivity contribution in [2.45, 2.75) is 24.9 Å². The van der Waals surface area contributed by atoms with E-state index in [1.807, 2.05) is 6.07 Å². The molecule has 3 aliphatic heterocycles. The van der Waals surface area contributed by atoms with Crippen molar-refractivity contribution in [3.8, 4) is 0 Å². The highest BCUT2D eigenvalue weighted by molar-refractivity contribution is 7.91. The normalized spacial score (nSPS) is 28.8. The molecule has 0 unspecified atom stereocenters. The van der Waals surface area contributed by atoms with E-state index in [1.54, 1.807) is 6.20 Å². The third-order valence-electron chi connectivity index (χ3n) is 5.58. The molecule has 0 saturated carbocycles. The summed E-state index contributed by atoms with van der Waals surface area (Å²) in [6, 6.07) is 1.71. The maximum atomic E-state index is 12.0. The quantitative estimate of drug-likeness (QED) is 0.667. The van der Waals surface area contributed by atoms with E-state index in [0.717, 1.165) is 18.9 Å². The molecule has 3 N–H and O–H groups in total. The van der Waals surface area contributed by atoms with Gasteiger partial charge in [-0.05, 0) is 18.9 Å². The SMILES string of the molecule is NC(=O)C1CCN(c2nccc(N3CCN[C@H]4CS(=O)(=O)C[C@H]43)n2)CC1. The molecule has 9 nitrogen and oxygen atoms in total. The molecule has 1 aromatic rings. The number of piperidine rings is 1. The van der Waals surface area contributed by atoms with Crippen LogP contribution in [-0.4, -0.2) is 74.1 Å². The summed E-state index contributed by atoms with van der Waals surface area (Å²) in [7, 11) is -3.02. The van der Waals surface area contributed by atoms with Crippen LogP contribution in [0.4, 0.5) is 11.8 Å². The summed E-state index contributed by atoms with van der Waals surface area (Å²) in [4.78, 5) is 24.6. The lowest BCUT2D eigenvalue weighted by atomic mass is 9.96. The second-order valence-corrected chi connectivity index (χ2v) is 9.43. The molecule has 1 amide bonds. The molecule has 0 aliphatic carbocycles. The van der Waals surface area contributed by atoms with Gasteiger partial charge in [-0.2, -0.15) is 4.98 Å². The molecule has 0 radical (unpaired) electrons. The summed E-state index contributed by atoms with van der Waals surface area (Å²) < 4.78 is 24.1. The van der Waals surface area contributed by atoms with E-state index in [4.69, 9.17) is 10.7 Å². The van der Waals surface area contributed by atoms with Crippen LogP contribution in [0.1, 0.15) is 12.8 Å². The Hall–Kier alpha value is -1.94. The van der Waals surface area contributed by atoms with Gasteiger partial charge in [0.05, 0.1) is 17.5 Å². The number of sulfone groups is 1. The first kappa shape index (κ1) is 17.5. The number of nitrogens with one attached hydrogen (secondary N) is 1. The van der Waals surface area contributed by atoms with Gasteiger partial charge in [0.1, 0.15) is 5.82 Å². The highest BCUT2D eigenvalue weighted by Crippen LogP contribution is 2.27. The van der Waals surface area contributed by atoms with Crippen LogP contribution >= 0.6 is 0 Å². The lowest BCUT2D eigenvalue weighted by Gasteiger charge is -2.38. The average molecular weight is 380 g/mol. The van der Waals surface area contributed by atoms with Crippen molar-refractivity contribution in [1.82, 2.24) is 15.3 Å². The number of primary amides is 1. The van der Waals surface area contributed by atoms with Gasteiger partial charge in [-0.1, -0.05) is 0 Å². The van der Waals surface area contributed by atoms with E-state index < -0.39 is 9.84 Å². The molecule has 3 fully saturated rings. The third kappa shape index (κ3) is 3.35. The van der Waals surface area contributed by atoms with Crippen LogP contribution in [0.25, 0.3) is 0 Å². The van der Waals surface area contributed by atoms with Crippen molar-refractivity contribution in [3.05, 3.63) is 12.3 Å². The second-order valence-electron chi connectivity index (χ2n) is 7.28. The molecule has 3 aliphatic rings. The van der Waals surface area contributed by atoms with E-state index in [2.05, 4.69) is 20.1 Å². The largest absolute Gasteiger partial charge is 0.369 e. The topological polar surface area (TPSA) is 122 Å². The minimum absolute atomic E-state index is 0.0431. The van der Waals surface area contributed by atoms with Crippen LogP contribution in [0.15, 0.2) is 12.3 Å². The molecule has 4 heterocycles. The summed E-state index contributed by atoms with van der Waals surface area (Å²) in [5, 5.41) is 3.31.